The Balaban J connectivity index is 1.78. The van der Waals surface area contributed by atoms with Crippen LogP contribution in [0.3, 0.4) is 0 Å². The zero-order valence-electron chi connectivity index (χ0n) is 14.9. The molecule has 1 amide bonds. The monoisotopic (exact) mass is 450 g/mol. The molecular formula is C20H11Cl2F3N4O. The van der Waals surface area contributed by atoms with Crippen LogP contribution in [0.5, 0.6) is 0 Å². The summed E-state index contributed by atoms with van der Waals surface area (Å²) in [5.74, 6) is -0.989. The Hall–Kier alpha value is -3.10. The highest BCUT2D eigenvalue weighted by Gasteiger charge is 2.40. The minimum absolute atomic E-state index is 0.112. The number of aromatic nitrogens is 3. The van der Waals surface area contributed by atoms with E-state index in [2.05, 4.69) is 15.4 Å². The molecule has 2 aromatic heterocycles. The second-order valence-corrected chi connectivity index (χ2v) is 7.15. The molecule has 0 aliphatic rings. The van der Waals surface area contributed by atoms with Gasteiger partial charge in [0.25, 0.3) is 5.91 Å². The van der Waals surface area contributed by atoms with Gasteiger partial charge in [-0.05, 0) is 42.5 Å². The third-order valence-electron chi connectivity index (χ3n) is 4.27. The van der Waals surface area contributed by atoms with E-state index in [1.165, 1.54) is 36.5 Å². The van der Waals surface area contributed by atoms with E-state index in [1.807, 2.05) is 0 Å². The molecule has 0 unspecified atom stereocenters. The first kappa shape index (κ1) is 20.2. The Morgan fingerprint density at radius 2 is 1.77 bits per heavy atom. The molecule has 5 nitrogen and oxygen atoms in total. The van der Waals surface area contributed by atoms with Gasteiger partial charge in [-0.1, -0.05) is 29.3 Å². The van der Waals surface area contributed by atoms with Crippen LogP contribution in [0, 0.1) is 0 Å². The topological polar surface area (TPSA) is 59.8 Å². The summed E-state index contributed by atoms with van der Waals surface area (Å²) < 4.78 is 42.1. The van der Waals surface area contributed by atoms with Crippen molar-refractivity contribution in [3.8, 4) is 5.69 Å². The molecule has 0 aliphatic heterocycles. The lowest BCUT2D eigenvalue weighted by atomic mass is 10.1. The smallest absolute Gasteiger partial charge is 0.320 e. The van der Waals surface area contributed by atoms with Crippen molar-refractivity contribution in [3.63, 3.8) is 0 Å². The number of fused-ring (bicyclic) bond motifs is 1. The first-order chi connectivity index (χ1) is 14.2. The SMILES string of the molecule is O=C(Nc1cc(Cl)cc2cccnc12)c1cnn(-c2ccc(Cl)cc2)c1C(F)(F)F. The van der Waals surface area contributed by atoms with E-state index in [1.54, 1.807) is 18.2 Å². The number of hydrogen-bond acceptors (Lipinski definition) is 3. The molecule has 0 radical (unpaired) electrons. The molecule has 0 bridgehead atoms. The van der Waals surface area contributed by atoms with Crippen LogP contribution in [0.15, 0.2) is 60.9 Å². The molecule has 4 rings (SSSR count). The van der Waals surface area contributed by atoms with Gasteiger partial charge >= 0.3 is 6.18 Å². The van der Waals surface area contributed by atoms with Crippen molar-refractivity contribution in [1.82, 2.24) is 14.8 Å². The predicted molar refractivity (Wildman–Crippen MR) is 108 cm³/mol. The minimum Gasteiger partial charge on any atom is -0.320 e. The number of amides is 1. The normalized spacial score (nSPS) is 11.6. The molecule has 0 saturated carbocycles. The molecule has 0 spiro atoms. The summed E-state index contributed by atoms with van der Waals surface area (Å²) in [5.41, 5.74) is -1.15. The minimum atomic E-state index is -4.84. The molecule has 10 heteroatoms. The molecule has 0 aliphatic carbocycles. The van der Waals surface area contributed by atoms with Crippen LogP contribution in [0.1, 0.15) is 16.1 Å². The summed E-state index contributed by atoms with van der Waals surface area (Å²) in [5, 5.41) is 7.54. The van der Waals surface area contributed by atoms with Gasteiger partial charge in [0.2, 0.25) is 0 Å². The van der Waals surface area contributed by atoms with Crippen LogP contribution in [-0.4, -0.2) is 20.7 Å². The van der Waals surface area contributed by atoms with E-state index in [-0.39, 0.29) is 11.4 Å². The fourth-order valence-corrected chi connectivity index (χ4v) is 3.36. The first-order valence-corrected chi connectivity index (χ1v) is 9.26. The average Bonchev–Trinajstić information content (AvgIpc) is 3.14. The fraction of sp³-hybridized carbons (Fsp3) is 0.0500. The number of nitrogens with zero attached hydrogens (tertiary/aromatic N) is 3. The van der Waals surface area contributed by atoms with Crippen molar-refractivity contribution >= 4 is 45.7 Å². The van der Waals surface area contributed by atoms with Crippen LogP contribution in [0.2, 0.25) is 10.0 Å². The number of halogens is 5. The first-order valence-electron chi connectivity index (χ1n) is 8.51. The lowest BCUT2D eigenvalue weighted by Gasteiger charge is -2.13. The molecule has 4 aromatic rings. The second kappa shape index (κ2) is 7.62. The third kappa shape index (κ3) is 3.83. The van der Waals surface area contributed by atoms with Gasteiger partial charge in [0.15, 0.2) is 5.69 Å². The Morgan fingerprint density at radius 1 is 1.03 bits per heavy atom. The molecule has 30 heavy (non-hydrogen) atoms. The van der Waals surface area contributed by atoms with Crippen LogP contribution < -0.4 is 5.32 Å². The molecule has 2 heterocycles. The van der Waals surface area contributed by atoms with E-state index < -0.39 is 23.3 Å². The molecular weight excluding hydrogens is 440 g/mol. The second-order valence-electron chi connectivity index (χ2n) is 6.28. The zero-order valence-corrected chi connectivity index (χ0v) is 16.4. The van der Waals surface area contributed by atoms with Gasteiger partial charge in [-0.2, -0.15) is 18.3 Å². The maximum atomic E-state index is 13.8. The van der Waals surface area contributed by atoms with Gasteiger partial charge in [0.1, 0.15) is 0 Å². The lowest BCUT2D eigenvalue weighted by molar-refractivity contribution is -0.143. The summed E-state index contributed by atoms with van der Waals surface area (Å²) in [6.45, 7) is 0. The Kier molecular flexibility index (Phi) is 5.13. The van der Waals surface area contributed by atoms with E-state index in [0.29, 0.717) is 25.6 Å². The van der Waals surface area contributed by atoms with E-state index in [0.717, 1.165) is 6.20 Å². The summed E-state index contributed by atoms with van der Waals surface area (Å²) in [6.07, 6.45) is -2.46. The Morgan fingerprint density at radius 3 is 2.47 bits per heavy atom. The summed E-state index contributed by atoms with van der Waals surface area (Å²) >= 11 is 11.9. The number of carbonyl (C=O) groups excluding carboxylic acids is 1. The fourth-order valence-electron chi connectivity index (χ4n) is 3.01. The van der Waals surface area contributed by atoms with Crippen molar-refractivity contribution in [1.29, 1.82) is 0 Å². The average molecular weight is 451 g/mol. The van der Waals surface area contributed by atoms with Crippen molar-refractivity contribution in [3.05, 3.63) is 82.2 Å². The van der Waals surface area contributed by atoms with Crippen molar-refractivity contribution in [2.24, 2.45) is 0 Å². The van der Waals surface area contributed by atoms with Gasteiger partial charge in [-0.3, -0.25) is 9.78 Å². The molecule has 0 fully saturated rings. The van der Waals surface area contributed by atoms with Crippen molar-refractivity contribution in [2.75, 3.05) is 5.32 Å². The molecule has 2 aromatic carbocycles. The van der Waals surface area contributed by atoms with Gasteiger partial charge in [0.05, 0.1) is 28.7 Å². The number of carbonyl (C=O) groups is 1. The number of anilines is 1. The number of hydrogen-bond donors (Lipinski definition) is 1. The quantitative estimate of drug-likeness (QED) is 0.416. The van der Waals surface area contributed by atoms with Crippen molar-refractivity contribution in [2.45, 2.75) is 6.18 Å². The van der Waals surface area contributed by atoms with E-state index in [9.17, 15) is 18.0 Å². The van der Waals surface area contributed by atoms with Crippen LogP contribution in [0.25, 0.3) is 16.6 Å². The standard InChI is InChI=1S/C20H11Cl2F3N4O/c21-12-3-5-14(6-4-12)29-18(20(23,24)25)15(10-27-29)19(30)28-16-9-13(22)8-11-2-1-7-26-17(11)16/h1-10H,(H,28,30). The summed E-state index contributed by atoms with van der Waals surface area (Å²) in [7, 11) is 0. The van der Waals surface area contributed by atoms with Crippen LogP contribution in [-0.2, 0) is 6.18 Å². The van der Waals surface area contributed by atoms with Gasteiger partial charge < -0.3 is 5.32 Å². The number of benzene rings is 2. The maximum absolute atomic E-state index is 13.8. The van der Waals surface area contributed by atoms with E-state index in [4.69, 9.17) is 23.2 Å². The molecule has 0 atom stereocenters. The summed E-state index contributed by atoms with van der Waals surface area (Å²) in [6, 6.07) is 12.1. The van der Waals surface area contributed by atoms with Crippen molar-refractivity contribution < 1.29 is 18.0 Å². The number of rotatable bonds is 3. The van der Waals surface area contributed by atoms with Crippen LogP contribution >= 0.6 is 23.2 Å². The highest BCUT2D eigenvalue weighted by Crippen LogP contribution is 2.35. The highest BCUT2D eigenvalue weighted by molar-refractivity contribution is 6.32. The zero-order chi connectivity index (χ0) is 21.5. The molecule has 0 saturated heterocycles. The number of pyridine rings is 1. The van der Waals surface area contributed by atoms with E-state index >= 15 is 0 Å². The Labute approximate surface area is 178 Å². The third-order valence-corrected chi connectivity index (χ3v) is 4.74. The Bertz CT molecular complexity index is 1250. The van der Waals surface area contributed by atoms with Gasteiger partial charge in [0, 0.05) is 21.6 Å². The summed E-state index contributed by atoms with van der Waals surface area (Å²) in [4.78, 5) is 17.0. The molecule has 152 valence electrons. The maximum Gasteiger partial charge on any atom is 0.434 e. The van der Waals surface area contributed by atoms with Gasteiger partial charge in [-0.25, -0.2) is 4.68 Å². The highest BCUT2D eigenvalue weighted by atomic mass is 35.5. The number of nitrogens with one attached hydrogen (secondary N) is 1. The van der Waals surface area contributed by atoms with Gasteiger partial charge in [-0.15, -0.1) is 0 Å². The largest absolute Gasteiger partial charge is 0.434 e. The van der Waals surface area contributed by atoms with Crippen LogP contribution in [0.4, 0.5) is 18.9 Å². The predicted octanol–water partition coefficient (Wildman–Crippen LogP) is 6.00. The molecule has 1 N–H and O–H groups in total. The number of alkyl halides is 3. The lowest BCUT2D eigenvalue weighted by Crippen LogP contribution is -2.21.